The van der Waals surface area contributed by atoms with Crippen molar-refractivity contribution in [3.05, 3.63) is 94.9 Å². The van der Waals surface area contributed by atoms with Gasteiger partial charge in [0.25, 0.3) is 0 Å². The van der Waals surface area contributed by atoms with Crippen molar-refractivity contribution in [3.8, 4) is 11.3 Å². The molecule has 36 heavy (non-hydrogen) atoms. The maximum absolute atomic E-state index is 12.3. The molecule has 0 spiro atoms. The Bertz CT molecular complexity index is 1360. The number of alkyl halides is 6. The molecule has 1 heterocycles. The lowest BCUT2D eigenvalue weighted by Gasteiger charge is -2.13. The van der Waals surface area contributed by atoms with Gasteiger partial charge in [-0.25, -0.2) is 14.8 Å². The van der Waals surface area contributed by atoms with Crippen LogP contribution < -0.4 is 5.73 Å². The maximum Gasteiger partial charge on any atom is 0.416 e. The van der Waals surface area contributed by atoms with E-state index < -0.39 is 29.4 Å². The summed E-state index contributed by atoms with van der Waals surface area (Å²) in [5.74, 6) is -0.467. The first-order chi connectivity index (χ1) is 16.8. The third-order valence-electron chi connectivity index (χ3n) is 5.07. The van der Waals surface area contributed by atoms with Gasteiger partial charge in [0.1, 0.15) is 11.4 Å². The lowest BCUT2D eigenvalue weighted by molar-refractivity contribution is -0.143. The van der Waals surface area contributed by atoms with Gasteiger partial charge in [-0.05, 0) is 41.5 Å². The summed E-state index contributed by atoms with van der Waals surface area (Å²) in [6.07, 6.45) is -8.27. The fourth-order valence-corrected chi connectivity index (χ4v) is 3.40. The number of halogens is 6. The topological polar surface area (TPSA) is 89.1 Å². The Morgan fingerprint density at radius 3 is 2.06 bits per heavy atom. The summed E-state index contributed by atoms with van der Waals surface area (Å²) in [7, 11) is 0. The monoisotopic (exact) mass is 507 g/mol. The molecule has 1 aromatic heterocycles. The van der Waals surface area contributed by atoms with Crippen molar-refractivity contribution >= 4 is 16.7 Å². The second-order valence-electron chi connectivity index (χ2n) is 7.63. The van der Waals surface area contributed by atoms with Crippen molar-refractivity contribution in [2.75, 3.05) is 0 Å². The van der Waals surface area contributed by atoms with Gasteiger partial charge in [-0.2, -0.15) is 26.3 Å². The minimum atomic E-state index is -4.81. The molecular weight excluding hydrogens is 488 g/mol. The van der Waals surface area contributed by atoms with Crippen LogP contribution >= 0.6 is 0 Å². The molecule has 0 aliphatic rings. The molecular formula is C25H19F6N3O2. The van der Waals surface area contributed by atoms with Gasteiger partial charge >= 0.3 is 18.3 Å². The van der Waals surface area contributed by atoms with Crippen molar-refractivity contribution in [2.24, 2.45) is 5.73 Å². The Labute approximate surface area is 201 Å². The second kappa shape index (κ2) is 10.3. The summed E-state index contributed by atoms with van der Waals surface area (Å²) in [6.45, 7) is 1.37. The molecule has 5 nitrogen and oxygen atoms in total. The Balaban J connectivity index is 0.000000207. The molecule has 3 aromatic carbocycles. The summed E-state index contributed by atoms with van der Waals surface area (Å²) in [4.78, 5) is 19.7. The quantitative estimate of drug-likeness (QED) is 0.310. The molecule has 0 amide bonds. The smallest absolute Gasteiger partial charge is 0.416 e. The number of aromatic nitrogens is 2. The van der Waals surface area contributed by atoms with E-state index in [1.165, 1.54) is 6.20 Å². The number of hydrogen-bond donors (Lipinski definition) is 2. The molecule has 188 valence electrons. The fourth-order valence-electron chi connectivity index (χ4n) is 3.40. The number of aryl methyl sites for hydroxylation is 1. The number of nitrogens with two attached hydrogens (primary N) is 1. The molecule has 4 aromatic rings. The number of aromatic carboxylic acids is 1. The number of nitrogens with zero attached hydrogens (tertiary/aromatic N) is 2. The van der Waals surface area contributed by atoms with Crippen molar-refractivity contribution in [1.82, 2.24) is 9.97 Å². The largest absolute Gasteiger partial charge is 0.478 e. The third kappa shape index (κ3) is 6.16. The first-order valence-electron chi connectivity index (χ1n) is 10.3. The van der Waals surface area contributed by atoms with Crippen molar-refractivity contribution < 1.29 is 36.2 Å². The van der Waals surface area contributed by atoms with E-state index in [9.17, 15) is 36.2 Å². The van der Waals surface area contributed by atoms with E-state index >= 15 is 0 Å². The summed E-state index contributed by atoms with van der Waals surface area (Å²) in [5.41, 5.74) is 3.53. The molecule has 0 aliphatic heterocycles. The van der Waals surface area contributed by atoms with Gasteiger partial charge in [-0.15, -0.1) is 0 Å². The number of hydrogen-bond acceptors (Lipinski definition) is 4. The first-order valence-corrected chi connectivity index (χ1v) is 10.3. The molecule has 0 atom stereocenters. The highest BCUT2D eigenvalue weighted by Crippen LogP contribution is 2.36. The van der Waals surface area contributed by atoms with Crippen LogP contribution in [0.25, 0.3) is 22.0 Å². The minimum Gasteiger partial charge on any atom is -0.478 e. The van der Waals surface area contributed by atoms with E-state index in [-0.39, 0.29) is 23.7 Å². The minimum absolute atomic E-state index is 0.0686. The molecule has 4 rings (SSSR count). The van der Waals surface area contributed by atoms with Gasteiger partial charge in [0.15, 0.2) is 0 Å². The van der Waals surface area contributed by atoms with Gasteiger partial charge < -0.3 is 10.8 Å². The normalized spacial score (nSPS) is 11.7. The van der Waals surface area contributed by atoms with Crippen LogP contribution in [0, 0.1) is 6.92 Å². The highest BCUT2D eigenvalue weighted by Gasteiger charge is 2.36. The van der Waals surface area contributed by atoms with Gasteiger partial charge in [0.05, 0.1) is 16.8 Å². The predicted octanol–water partition coefficient (Wildman–Crippen LogP) is 6.49. The van der Waals surface area contributed by atoms with Gasteiger partial charge in [0.2, 0.25) is 0 Å². The van der Waals surface area contributed by atoms with Crippen molar-refractivity contribution in [1.29, 1.82) is 0 Å². The lowest BCUT2D eigenvalue weighted by atomic mass is 9.99. The Morgan fingerprint density at radius 2 is 1.50 bits per heavy atom. The van der Waals surface area contributed by atoms with E-state index in [0.717, 1.165) is 16.3 Å². The van der Waals surface area contributed by atoms with E-state index in [2.05, 4.69) is 9.97 Å². The zero-order chi connectivity index (χ0) is 26.7. The highest BCUT2D eigenvalue weighted by atomic mass is 19.4. The molecule has 0 saturated heterocycles. The molecule has 0 aliphatic carbocycles. The Hall–Kier alpha value is -3.99. The second-order valence-corrected chi connectivity index (χ2v) is 7.63. The van der Waals surface area contributed by atoms with Crippen LogP contribution in [0.15, 0.2) is 66.9 Å². The van der Waals surface area contributed by atoms with E-state index in [4.69, 9.17) is 5.73 Å². The number of rotatable bonds is 3. The van der Waals surface area contributed by atoms with Crippen LogP contribution in [0.3, 0.4) is 0 Å². The van der Waals surface area contributed by atoms with Gasteiger partial charge in [0, 0.05) is 18.3 Å². The van der Waals surface area contributed by atoms with E-state index in [0.29, 0.717) is 23.7 Å². The standard InChI is InChI=1S/C16H12N2O2.C9H7F6N/c1-10-17-9-14(16(19)20)15(18-10)13-8-4-6-11-5-2-3-7-12(11)13;10-8(11,12)6-1-5(4-16)2-7(3-6)9(13,14)15/h2-9H,1H3,(H,19,20);1-3H,4,16H2. The average molecular weight is 507 g/mol. The molecule has 11 heteroatoms. The van der Waals surface area contributed by atoms with Crippen LogP contribution in [0.1, 0.15) is 32.9 Å². The molecule has 3 N–H and O–H groups in total. The highest BCUT2D eigenvalue weighted by molar-refractivity contribution is 6.02. The number of carbonyl (C=O) groups is 1. The summed E-state index contributed by atoms with van der Waals surface area (Å²) < 4.78 is 73.6. The number of fused-ring (bicyclic) bond motifs is 1. The molecule has 0 bridgehead atoms. The Kier molecular flexibility index (Phi) is 7.63. The molecule has 0 saturated carbocycles. The SMILES string of the molecule is Cc1ncc(C(=O)O)c(-c2cccc3ccccc23)n1.NCc1cc(C(F)(F)F)cc(C(F)(F)F)c1. The van der Waals surface area contributed by atoms with E-state index in [1.54, 1.807) is 6.92 Å². The predicted molar refractivity (Wildman–Crippen MR) is 121 cm³/mol. The maximum atomic E-state index is 12.3. The van der Waals surface area contributed by atoms with Gasteiger partial charge in [-0.1, -0.05) is 42.5 Å². The van der Waals surface area contributed by atoms with Crippen LogP contribution in [0.5, 0.6) is 0 Å². The van der Waals surface area contributed by atoms with Gasteiger partial charge in [-0.3, -0.25) is 0 Å². The van der Waals surface area contributed by atoms with Crippen molar-refractivity contribution in [3.63, 3.8) is 0 Å². The number of carboxylic acid groups (broad SMARTS) is 1. The van der Waals surface area contributed by atoms with Crippen LogP contribution in [-0.2, 0) is 18.9 Å². The average Bonchev–Trinajstić information content (AvgIpc) is 2.82. The third-order valence-corrected chi connectivity index (χ3v) is 5.07. The first kappa shape index (κ1) is 26.6. The summed E-state index contributed by atoms with van der Waals surface area (Å²) in [6, 6.07) is 14.9. The molecule has 0 radical (unpaired) electrons. The Morgan fingerprint density at radius 1 is 0.917 bits per heavy atom. The molecule has 0 unspecified atom stereocenters. The molecule has 0 fully saturated rings. The van der Waals surface area contributed by atoms with Crippen molar-refractivity contribution in [2.45, 2.75) is 25.8 Å². The lowest BCUT2D eigenvalue weighted by Crippen LogP contribution is -2.12. The van der Waals surface area contributed by atoms with Crippen LogP contribution in [-0.4, -0.2) is 21.0 Å². The zero-order valence-electron chi connectivity index (χ0n) is 18.7. The summed E-state index contributed by atoms with van der Waals surface area (Å²) in [5, 5.41) is 11.3. The summed E-state index contributed by atoms with van der Waals surface area (Å²) >= 11 is 0. The van der Waals surface area contributed by atoms with E-state index in [1.807, 2.05) is 42.5 Å². The fraction of sp³-hybridized carbons (Fsp3) is 0.160. The zero-order valence-corrected chi connectivity index (χ0v) is 18.7. The number of benzene rings is 3. The number of carboxylic acids is 1. The van der Waals surface area contributed by atoms with Crippen LogP contribution in [0.4, 0.5) is 26.3 Å². The van der Waals surface area contributed by atoms with Crippen LogP contribution in [0.2, 0.25) is 0 Å².